The summed E-state index contributed by atoms with van der Waals surface area (Å²) in [5, 5.41) is 8.23. The Morgan fingerprint density at radius 3 is 1.50 bits per heavy atom. The third-order valence-electron chi connectivity index (χ3n) is 2.85. The molecule has 0 radical (unpaired) electrons. The molecule has 0 heterocycles. The van der Waals surface area contributed by atoms with Gasteiger partial charge in [-0.3, -0.25) is 9.53 Å². The summed E-state index contributed by atoms with van der Waals surface area (Å²) in [5.74, 6) is -14.6. The largest absolute Gasteiger partial charge is 0.525 e. The van der Waals surface area contributed by atoms with Gasteiger partial charge in [0.15, 0.2) is 0 Å². The summed E-state index contributed by atoms with van der Waals surface area (Å²) in [6.45, 7) is 0. The van der Waals surface area contributed by atoms with Crippen molar-refractivity contribution in [1.29, 1.82) is 0 Å². The summed E-state index contributed by atoms with van der Waals surface area (Å²) < 4.78 is 168. The number of aliphatic carboxylic acids is 1. The normalized spacial score (nSPS) is 18.5. The molecular weight excluding hydrogens is 443 g/mol. The maximum atomic E-state index is 13.8. The molecule has 168 valence electrons. The fraction of sp³-hybridized carbons (Fsp3) is 0.909. The molecule has 2 unspecified atom stereocenters. The van der Waals surface area contributed by atoms with Gasteiger partial charge in [-0.05, 0) is 12.8 Å². The predicted molar refractivity (Wildman–Crippen MR) is 59.1 cm³/mol. The average Bonchev–Trinajstić information content (AvgIpc) is 2.38. The predicted octanol–water partition coefficient (Wildman–Crippen LogP) is 5.23. The summed E-state index contributed by atoms with van der Waals surface area (Å²) in [6.07, 6.45) is -33.1. The minimum absolute atomic E-state index is 0.814. The van der Waals surface area contributed by atoms with E-state index in [1.165, 1.54) is 0 Å². The maximum absolute atomic E-state index is 13.8. The van der Waals surface area contributed by atoms with Crippen LogP contribution in [0, 0.1) is 0 Å². The molecular formula is C11H9F13O4. The van der Waals surface area contributed by atoms with Gasteiger partial charge in [0, 0.05) is 12.8 Å². The van der Waals surface area contributed by atoms with Gasteiger partial charge in [-0.2, -0.15) is 39.5 Å². The van der Waals surface area contributed by atoms with Crippen molar-refractivity contribution in [3.05, 3.63) is 0 Å². The van der Waals surface area contributed by atoms with Gasteiger partial charge in [0.05, 0.1) is 0 Å². The second-order valence-electron chi connectivity index (χ2n) is 5.09. The van der Waals surface area contributed by atoms with E-state index < -0.39 is 68.2 Å². The summed E-state index contributed by atoms with van der Waals surface area (Å²) in [4.78, 5) is 10.2. The van der Waals surface area contributed by atoms with Gasteiger partial charge in [0.2, 0.25) is 0 Å². The Morgan fingerprint density at radius 1 is 0.714 bits per heavy atom. The first kappa shape index (κ1) is 26.5. The van der Waals surface area contributed by atoms with Crippen LogP contribution in [-0.4, -0.2) is 47.6 Å². The zero-order valence-corrected chi connectivity index (χ0v) is 12.9. The average molecular weight is 452 g/mol. The zero-order valence-electron chi connectivity index (χ0n) is 12.9. The number of carboxylic acids is 1. The van der Waals surface area contributed by atoms with Gasteiger partial charge in [0.1, 0.15) is 0 Å². The van der Waals surface area contributed by atoms with E-state index in [-0.39, 0.29) is 0 Å². The minimum Gasteiger partial charge on any atom is -0.481 e. The number of unbranched alkanes of at least 4 members (excludes halogenated alkanes) is 1. The van der Waals surface area contributed by atoms with Crippen LogP contribution < -0.4 is 0 Å². The van der Waals surface area contributed by atoms with Crippen molar-refractivity contribution in [3.8, 4) is 0 Å². The van der Waals surface area contributed by atoms with Crippen molar-refractivity contribution in [3.63, 3.8) is 0 Å². The van der Waals surface area contributed by atoms with E-state index in [1.807, 2.05) is 0 Å². The molecule has 2 atom stereocenters. The van der Waals surface area contributed by atoms with Crippen molar-refractivity contribution < 1.29 is 76.5 Å². The topological polar surface area (TPSA) is 55.8 Å². The van der Waals surface area contributed by atoms with Gasteiger partial charge < -0.3 is 5.11 Å². The van der Waals surface area contributed by atoms with Gasteiger partial charge in [-0.15, -0.1) is 13.2 Å². The van der Waals surface area contributed by atoms with Crippen LogP contribution in [0.1, 0.15) is 25.7 Å². The maximum Gasteiger partial charge on any atom is 0.525 e. The number of hydrogen-bond donors (Lipinski definition) is 1. The van der Waals surface area contributed by atoms with E-state index in [0.29, 0.717) is 0 Å². The molecule has 0 rings (SSSR count). The van der Waals surface area contributed by atoms with Crippen LogP contribution in [0.3, 0.4) is 0 Å². The molecule has 0 saturated heterocycles. The molecule has 0 aliphatic carbocycles. The second kappa shape index (κ2) is 8.08. The first-order chi connectivity index (χ1) is 12.1. The first-order valence-electron chi connectivity index (χ1n) is 6.66. The Kier molecular flexibility index (Phi) is 7.64. The van der Waals surface area contributed by atoms with Crippen molar-refractivity contribution in [2.24, 2.45) is 0 Å². The Labute approximate surface area is 146 Å². The van der Waals surface area contributed by atoms with Crippen LogP contribution >= 0.6 is 0 Å². The molecule has 0 aliphatic rings. The molecule has 17 heteroatoms. The first-order valence-corrected chi connectivity index (χ1v) is 6.66. The fourth-order valence-electron chi connectivity index (χ4n) is 1.59. The Balaban J connectivity index is 5.87. The van der Waals surface area contributed by atoms with Crippen molar-refractivity contribution in [2.75, 3.05) is 0 Å². The van der Waals surface area contributed by atoms with Gasteiger partial charge in [0.25, 0.3) is 0 Å². The molecule has 0 aliphatic heterocycles. The van der Waals surface area contributed by atoms with E-state index in [2.05, 4.69) is 4.74 Å². The third-order valence-corrected chi connectivity index (χ3v) is 2.85. The SMILES string of the molecule is O=C(O)CCCCC(F)(OC(F)(F)C(F)(OC(F)(F)F)C(F)(F)F)C(F)(F)F. The Morgan fingerprint density at radius 2 is 1.18 bits per heavy atom. The number of hydrogen-bond acceptors (Lipinski definition) is 3. The van der Waals surface area contributed by atoms with Crippen molar-refractivity contribution in [2.45, 2.75) is 62.2 Å². The highest BCUT2D eigenvalue weighted by molar-refractivity contribution is 5.66. The number of carbonyl (C=O) groups is 1. The molecule has 0 saturated carbocycles. The highest BCUT2D eigenvalue weighted by Crippen LogP contribution is 2.53. The summed E-state index contributed by atoms with van der Waals surface area (Å²) in [7, 11) is 0. The highest BCUT2D eigenvalue weighted by atomic mass is 19.4. The molecule has 0 aromatic carbocycles. The van der Waals surface area contributed by atoms with E-state index in [9.17, 15) is 61.9 Å². The molecule has 28 heavy (non-hydrogen) atoms. The molecule has 1 N–H and O–H groups in total. The highest BCUT2D eigenvalue weighted by Gasteiger charge is 2.80. The van der Waals surface area contributed by atoms with Gasteiger partial charge in [-0.25, -0.2) is 9.13 Å². The van der Waals surface area contributed by atoms with Crippen LogP contribution in [-0.2, 0) is 14.3 Å². The van der Waals surface area contributed by atoms with Crippen molar-refractivity contribution >= 4 is 5.97 Å². The van der Waals surface area contributed by atoms with E-state index in [1.54, 1.807) is 4.74 Å². The summed E-state index contributed by atoms with van der Waals surface area (Å²) in [5.41, 5.74) is 0. The summed E-state index contributed by atoms with van der Waals surface area (Å²) in [6, 6.07) is 0. The number of ether oxygens (including phenoxy) is 2. The second-order valence-corrected chi connectivity index (χ2v) is 5.09. The standard InChI is InChI=1S/C11H9F13O4/c12-6(8(14,15)16,4-2-1-3-5(25)26)27-10(20,21)7(13,9(17,18)19)28-11(22,23)24/h1-4H2,(H,25,26). The quantitative estimate of drug-likeness (QED) is 0.385. The Hall–Kier alpha value is -1.52. The van der Waals surface area contributed by atoms with E-state index in [0.717, 1.165) is 0 Å². The lowest BCUT2D eigenvalue weighted by molar-refractivity contribution is -0.544. The zero-order chi connectivity index (χ0) is 22.8. The summed E-state index contributed by atoms with van der Waals surface area (Å²) >= 11 is 0. The van der Waals surface area contributed by atoms with Crippen LogP contribution in [0.4, 0.5) is 57.1 Å². The minimum atomic E-state index is -7.32. The monoisotopic (exact) mass is 452 g/mol. The number of carboxylic acid groups (broad SMARTS) is 1. The van der Waals surface area contributed by atoms with Crippen molar-refractivity contribution in [1.82, 2.24) is 0 Å². The van der Waals surface area contributed by atoms with Crippen LogP contribution in [0.2, 0.25) is 0 Å². The molecule has 0 spiro atoms. The number of rotatable bonds is 9. The number of alkyl halides is 13. The molecule has 0 aromatic rings. The molecule has 0 amide bonds. The molecule has 0 bridgehead atoms. The van der Waals surface area contributed by atoms with Gasteiger partial charge >= 0.3 is 42.5 Å². The third kappa shape index (κ3) is 6.52. The molecule has 0 aromatic heterocycles. The van der Waals surface area contributed by atoms with Crippen LogP contribution in [0.15, 0.2) is 0 Å². The lowest BCUT2D eigenvalue weighted by Crippen LogP contribution is -2.63. The molecule has 4 nitrogen and oxygen atoms in total. The Bertz CT molecular complexity index is 540. The van der Waals surface area contributed by atoms with E-state index in [4.69, 9.17) is 5.11 Å². The van der Waals surface area contributed by atoms with Crippen LogP contribution in [0.25, 0.3) is 0 Å². The molecule has 0 fully saturated rings. The van der Waals surface area contributed by atoms with E-state index >= 15 is 0 Å². The fourth-order valence-corrected chi connectivity index (χ4v) is 1.59. The lowest BCUT2D eigenvalue weighted by Gasteiger charge is -2.38. The lowest BCUT2D eigenvalue weighted by atomic mass is 10.1. The van der Waals surface area contributed by atoms with Gasteiger partial charge in [-0.1, -0.05) is 0 Å². The van der Waals surface area contributed by atoms with Crippen LogP contribution in [0.5, 0.6) is 0 Å². The number of halogens is 13. The smallest absolute Gasteiger partial charge is 0.481 e.